The first-order chi connectivity index (χ1) is 12.5. The van der Waals surface area contributed by atoms with Gasteiger partial charge in [-0.25, -0.2) is 4.98 Å². The van der Waals surface area contributed by atoms with E-state index in [4.69, 9.17) is 4.74 Å². The molecule has 1 saturated heterocycles. The van der Waals surface area contributed by atoms with Gasteiger partial charge in [0, 0.05) is 24.8 Å². The molecule has 0 spiro atoms. The Morgan fingerprint density at radius 1 is 1.27 bits per heavy atom. The molecule has 1 amide bonds. The molecule has 0 radical (unpaired) electrons. The van der Waals surface area contributed by atoms with Gasteiger partial charge in [0.2, 0.25) is 11.8 Å². The number of rotatable bonds is 5. The van der Waals surface area contributed by atoms with E-state index in [0.717, 1.165) is 48.4 Å². The van der Waals surface area contributed by atoms with Gasteiger partial charge < -0.3 is 15.4 Å². The van der Waals surface area contributed by atoms with Gasteiger partial charge in [0.15, 0.2) is 0 Å². The summed E-state index contributed by atoms with van der Waals surface area (Å²) in [5, 5.41) is 6.38. The van der Waals surface area contributed by atoms with Crippen LogP contribution in [0.4, 0.5) is 0 Å². The van der Waals surface area contributed by atoms with Crippen molar-refractivity contribution in [3.05, 3.63) is 53.2 Å². The lowest BCUT2D eigenvalue weighted by Gasteiger charge is -2.32. The minimum atomic E-state index is -0.353. The summed E-state index contributed by atoms with van der Waals surface area (Å²) in [5.41, 5.74) is 2.64. The maximum absolute atomic E-state index is 12.7. The van der Waals surface area contributed by atoms with Crippen LogP contribution in [-0.2, 0) is 11.3 Å². The number of piperidine rings is 1. The normalized spacial score (nSPS) is 19.8. The molecular weight excluding hydrogens is 326 g/mol. The highest BCUT2D eigenvalue weighted by Gasteiger charge is 2.34. The summed E-state index contributed by atoms with van der Waals surface area (Å²) in [7, 11) is 0. The largest absolute Gasteiger partial charge is 0.438 e. The van der Waals surface area contributed by atoms with Gasteiger partial charge in [-0.1, -0.05) is 24.3 Å². The van der Waals surface area contributed by atoms with Crippen molar-refractivity contribution in [2.45, 2.75) is 40.2 Å². The number of carbonyl (C=O) groups excluding carboxylic acids is 1. The quantitative estimate of drug-likeness (QED) is 0.864. The van der Waals surface area contributed by atoms with E-state index in [2.05, 4.69) is 15.6 Å². The molecule has 0 saturated carbocycles. The Labute approximate surface area is 155 Å². The number of nitrogens with zero attached hydrogens (tertiary/aromatic N) is 1. The van der Waals surface area contributed by atoms with Crippen LogP contribution in [0.15, 0.2) is 36.5 Å². The van der Waals surface area contributed by atoms with Crippen molar-refractivity contribution in [1.29, 1.82) is 0 Å². The van der Waals surface area contributed by atoms with Gasteiger partial charge in [0.05, 0.1) is 5.41 Å². The Hall–Kier alpha value is -2.40. The lowest BCUT2D eigenvalue weighted by molar-refractivity contribution is -0.131. The fourth-order valence-corrected chi connectivity index (χ4v) is 3.35. The average Bonchev–Trinajstić information content (AvgIpc) is 2.64. The third kappa shape index (κ3) is 4.05. The van der Waals surface area contributed by atoms with Gasteiger partial charge in [-0.15, -0.1) is 0 Å². The predicted molar refractivity (Wildman–Crippen MR) is 102 cm³/mol. The van der Waals surface area contributed by atoms with Crippen molar-refractivity contribution in [2.24, 2.45) is 5.41 Å². The SMILES string of the molecule is Cc1cccc(C)c1Oc1ncccc1CNC(=O)[C@@]1(C)CCCNC1. The van der Waals surface area contributed by atoms with E-state index in [0.29, 0.717) is 12.4 Å². The Kier molecular flexibility index (Phi) is 5.57. The predicted octanol–water partition coefficient (Wildman–Crippen LogP) is 3.50. The average molecular weight is 353 g/mol. The Balaban J connectivity index is 1.72. The monoisotopic (exact) mass is 353 g/mol. The minimum Gasteiger partial charge on any atom is -0.438 e. The third-order valence-corrected chi connectivity index (χ3v) is 5.04. The van der Waals surface area contributed by atoms with E-state index >= 15 is 0 Å². The Bertz CT molecular complexity index is 762. The zero-order valence-electron chi connectivity index (χ0n) is 15.8. The van der Waals surface area contributed by atoms with Gasteiger partial charge in [0.1, 0.15) is 5.75 Å². The number of hydrogen-bond acceptors (Lipinski definition) is 4. The van der Waals surface area contributed by atoms with E-state index in [1.54, 1.807) is 6.20 Å². The Morgan fingerprint density at radius 2 is 2.04 bits per heavy atom. The van der Waals surface area contributed by atoms with Crippen molar-refractivity contribution in [3.63, 3.8) is 0 Å². The van der Waals surface area contributed by atoms with E-state index in [9.17, 15) is 4.79 Å². The molecule has 0 unspecified atom stereocenters. The number of aromatic nitrogens is 1. The number of benzene rings is 1. The lowest BCUT2D eigenvalue weighted by atomic mass is 9.82. The topological polar surface area (TPSA) is 63.2 Å². The maximum atomic E-state index is 12.7. The lowest BCUT2D eigenvalue weighted by Crippen LogP contribution is -2.48. The molecule has 0 bridgehead atoms. The van der Waals surface area contributed by atoms with Gasteiger partial charge >= 0.3 is 0 Å². The van der Waals surface area contributed by atoms with Crippen molar-refractivity contribution >= 4 is 5.91 Å². The maximum Gasteiger partial charge on any atom is 0.227 e. The fourth-order valence-electron chi connectivity index (χ4n) is 3.35. The molecule has 5 heteroatoms. The molecule has 1 aromatic carbocycles. The van der Waals surface area contributed by atoms with Crippen LogP contribution in [0.1, 0.15) is 36.5 Å². The third-order valence-electron chi connectivity index (χ3n) is 5.04. The summed E-state index contributed by atoms with van der Waals surface area (Å²) >= 11 is 0. The first-order valence-corrected chi connectivity index (χ1v) is 9.16. The molecular formula is C21H27N3O2. The number of hydrogen-bond donors (Lipinski definition) is 2. The molecule has 1 aliphatic rings. The molecule has 138 valence electrons. The summed E-state index contributed by atoms with van der Waals surface area (Å²) in [6.45, 7) is 8.17. The van der Waals surface area contributed by atoms with Gasteiger partial charge in [-0.05, 0) is 57.4 Å². The van der Waals surface area contributed by atoms with Crippen LogP contribution in [0.5, 0.6) is 11.6 Å². The Morgan fingerprint density at radius 3 is 2.73 bits per heavy atom. The van der Waals surface area contributed by atoms with Crippen LogP contribution in [0.2, 0.25) is 0 Å². The second-order valence-electron chi connectivity index (χ2n) is 7.31. The molecule has 0 aliphatic carbocycles. The van der Waals surface area contributed by atoms with Crippen molar-refractivity contribution in [3.8, 4) is 11.6 Å². The summed E-state index contributed by atoms with van der Waals surface area (Å²) in [6.07, 6.45) is 3.64. The molecule has 1 aliphatic heterocycles. The smallest absolute Gasteiger partial charge is 0.227 e. The van der Waals surface area contributed by atoms with E-state index < -0.39 is 0 Å². The molecule has 2 heterocycles. The molecule has 1 aromatic heterocycles. The highest BCUT2D eigenvalue weighted by molar-refractivity contribution is 5.82. The first-order valence-electron chi connectivity index (χ1n) is 9.16. The molecule has 2 aromatic rings. The minimum absolute atomic E-state index is 0.0755. The van der Waals surface area contributed by atoms with Crippen molar-refractivity contribution in [1.82, 2.24) is 15.6 Å². The van der Waals surface area contributed by atoms with Crippen LogP contribution < -0.4 is 15.4 Å². The number of carbonyl (C=O) groups is 1. The number of aryl methyl sites for hydroxylation is 2. The number of amides is 1. The highest BCUT2D eigenvalue weighted by atomic mass is 16.5. The van der Waals surface area contributed by atoms with Gasteiger partial charge in [-0.2, -0.15) is 0 Å². The van der Waals surface area contributed by atoms with Crippen LogP contribution in [0.25, 0.3) is 0 Å². The molecule has 1 atom stereocenters. The second-order valence-corrected chi connectivity index (χ2v) is 7.31. The molecule has 3 rings (SSSR count). The summed E-state index contributed by atoms with van der Waals surface area (Å²) in [6, 6.07) is 9.85. The number of pyridine rings is 1. The van der Waals surface area contributed by atoms with E-state index in [1.165, 1.54) is 0 Å². The standard InChI is InChI=1S/C21H27N3O2/c1-15-7-4-8-16(2)18(15)26-19-17(9-5-12-23-19)13-24-20(25)21(3)10-6-11-22-14-21/h4-5,7-9,12,22H,6,10-11,13-14H2,1-3H3,(H,24,25)/t21-/m0/s1. The van der Waals surface area contributed by atoms with Gasteiger partial charge in [-0.3, -0.25) is 4.79 Å². The van der Waals surface area contributed by atoms with Crippen LogP contribution >= 0.6 is 0 Å². The fraction of sp³-hybridized carbons (Fsp3) is 0.429. The molecule has 5 nitrogen and oxygen atoms in total. The summed E-state index contributed by atoms with van der Waals surface area (Å²) < 4.78 is 6.10. The van der Waals surface area contributed by atoms with Crippen LogP contribution in [-0.4, -0.2) is 24.0 Å². The second kappa shape index (κ2) is 7.87. The van der Waals surface area contributed by atoms with Gasteiger partial charge in [0.25, 0.3) is 0 Å². The number of nitrogens with one attached hydrogen (secondary N) is 2. The van der Waals surface area contributed by atoms with Crippen molar-refractivity contribution in [2.75, 3.05) is 13.1 Å². The highest BCUT2D eigenvalue weighted by Crippen LogP contribution is 2.30. The first kappa shape index (κ1) is 18.4. The molecule has 2 N–H and O–H groups in total. The van der Waals surface area contributed by atoms with E-state index in [1.807, 2.05) is 51.1 Å². The summed E-state index contributed by atoms with van der Waals surface area (Å²) in [5.74, 6) is 1.44. The zero-order valence-corrected chi connectivity index (χ0v) is 15.8. The molecule has 26 heavy (non-hydrogen) atoms. The van der Waals surface area contributed by atoms with Crippen LogP contribution in [0.3, 0.4) is 0 Å². The molecule has 1 fully saturated rings. The van der Waals surface area contributed by atoms with Crippen molar-refractivity contribution < 1.29 is 9.53 Å². The van der Waals surface area contributed by atoms with Crippen LogP contribution in [0, 0.1) is 19.3 Å². The number of ether oxygens (including phenoxy) is 1. The zero-order chi connectivity index (χ0) is 18.6. The number of para-hydroxylation sites is 1. The van der Waals surface area contributed by atoms with E-state index in [-0.39, 0.29) is 11.3 Å². The summed E-state index contributed by atoms with van der Waals surface area (Å²) in [4.78, 5) is 17.0.